The Morgan fingerprint density at radius 3 is 2.17 bits per heavy atom. The first-order chi connectivity index (χ1) is 5.49. The second-order valence-electron chi connectivity index (χ2n) is 2.55. The summed E-state index contributed by atoms with van der Waals surface area (Å²) in [7, 11) is 0. The molecule has 3 unspecified atom stereocenters. The van der Waals surface area contributed by atoms with E-state index >= 15 is 0 Å². The van der Waals surface area contributed by atoms with Crippen LogP contribution in [0.5, 0.6) is 0 Å². The lowest BCUT2D eigenvalue weighted by atomic mass is 10.1. The zero-order valence-electron chi connectivity index (χ0n) is 6.55. The molecule has 0 bridgehead atoms. The molecular formula is C6H14N2O4. The fourth-order valence-electron chi connectivity index (χ4n) is 0.675. The average Bonchev–Trinajstić information content (AvgIpc) is 2.02. The molecular weight excluding hydrogens is 164 g/mol. The summed E-state index contributed by atoms with van der Waals surface area (Å²) in [5.74, 6) is -1.21. The zero-order valence-corrected chi connectivity index (χ0v) is 6.55. The van der Waals surface area contributed by atoms with Crippen LogP contribution in [-0.4, -0.2) is 46.1 Å². The summed E-state index contributed by atoms with van der Waals surface area (Å²) in [6.07, 6.45) is -2.50. The van der Waals surface area contributed by atoms with Gasteiger partial charge >= 0.3 is 5.97 Å². The van der Waals surface area contributed by atoms with Gasteiger partial charge < -0.3 is 26.8 Å². The van der Waals surface area contributed by atoms with Crippen molar-refractivity contribution in [2.45, 2.75) is 24.7 Å². The Morgan fingerprint density at radius 2 is 1.83 bits per heavy atom. The Kier molecular flexibility index (Phi) is 4.75. The third-order valence-corrected chi connectivity index (χ3v) is 1.50. The molecule has 0 saturated heterocycles. The van der Waals surface area contributed by atoms with Gasteiger partial charge in [-0.15, -0.1) is 0 Å². The molecule has 0 saturated carbocycles. The van der Waals surface area contributed by atoms with Gasteiger partial charge in [0.25, 0.3) is 0 Å². The number of aliphatic carboxylic acids is 1. The second kappa shape index (κ2) is 5.04. The highest BCUT2D eigenvalue weighted by Gasteiger charge is 2.21. The smallest absolute Gasteiger partial charge is 0.320 e. The predicted octanol–water partition coefficient (Wildman–Crippen LogP) is -2.53. The predicted molar refractivity (Wildman–Crippen MR) is 41.3 cm³/mol. The molecule has 0 fully saturated rings. The molecule has 0 aromatic heterocycles. The van der Waals surface area contributed by atoms with E-state index in [1.54, 1.807) is 0 Å². The van der Waals surface area contributed by atoms with Gasteiger partial charge in [-0.05, 0) is 0 Å². The molecule has 0 amide bonds. The second-order valence-corrected chi connectivity index (χ2v) is 2.55. The summed E-state index contributed by atoms with van der Waals surface area (Å²) in [5.41, 5.74) is 10.1. The number of aliphatic hydroxyl groups excluding tert-OH is 2. The molecule has 6 heteroatoms. The minimum absolute atomic E-state index is 0.118. The molecule has 0 aliphatic heterocycles. The maximum atomic E-state index is 10.2. The van der Waals surface area contributed by atoms with Crippen molar-refractivity contribution < 1.29 is 20.1 Å². The Labute approximate surface area is 69.8 Å². The average molecular weight is 178 g/mol. The summed E-state index contributed by atoms with van der Waals surface area (Å²) in [4.78, 5) is 10.2. The number of carbonyl (C=O) groups is 1. The molecule has 0 radical (unpaired) electrons. The monoisotopic (exact) mass is 178 g/mol. The zero-order chi connectivity index (χ0) is 9.72. The van der Waals surface area contributed by atoms with E-state index in [4.69, 9.17) is 26.8 Å². The number of carboxylic acids is 1. The van der Waals surface area contributed by atoms with E-state index in [0.717, 1.165) is 0 Å². The van der Waals surface area contributed by atoms with Crippen molar-refractivity contribution in [1.82, 2.24) is 0 Å². The van der Waals surface area contributed by atoms with Gasteiger partial charge in [-0.3, -0.25) is 4.79 Å². The molecule has 12 heavy (non-hydrogen) atoms. The minimum atomic E-state index is -1.21. The summed E-state index contributed by atoms with van der Waals surface area (Å²) in [6, 6.07) is -1.17. The van der Waals surface area contributed by atoms with Crippen molar-refractivity contribution in [2.24, 2.45) is 11.5 Å². The molecule has 0 spiro atoms. The summed E-state index contributed by atoms with van der Waals surface area (Å²) >= 11 is 0. The molecule has 0 aromatic carbocycles. The molecule has 0 aliphatic rings. The van der Waals surface area contributed by atoms with Crippen molar-refractivity contribution in [3.05, 3.63) is 0 Å². The van der Waals surface area contributed by atoms with Gasteiger partial charge in [0.2, 0.25) is 0 Å². The third kappa shape index (κ3) is 3.63. The SMILES string of the molecule is NCC(O)C(O)CC(N)C(=O)O. The topological polar surface area (TPSA) is 130 Å². The first-order valence-electron chi connectivity index (χ1n) is 3.53. The Hall–Kier alpha value is -0.690. The quantitative estimate of drug-likeness (QED) is 0.315. The lowest BCUT2D eigenvalue weighted by molar-refractivity contribution is -0.139. The summed E-state index contributed by atoms with van der Waals surface area (Å²) < 4.78 is 0. The van der Waals surface area contributed by atoms with Crippen LogP contribution < -0.4 is 11.5 Å². The van der Waals surface area contributed by atoms with Crippen LogP contribution in [0.25, 0.3) is 0 Å². The van der Waals surface area contributed by atoms with Crippen LogP contribution in [0.4, 0.5) is 0 Å². The van der Waals surface area contributed by atoms with Gasteiger partial charge in [0.1, 0.15) is 6.04 Å². The van der Waals surface area contributed by atoms with E-state index in [-0.39, 0.29) is 13.0 Å². The lowest BCUT2D eigenvalue weighted by Gasteiger charge is -2.17. The first-order valence-corrected chi connectivity index (χ1v) is 3.53. The number of hydrogen-bond acceptors (Lipinski definition) is 5. The van der Waals surface area contributed by atoms with Crippen LogP contribution >= 0.6 is 0 Å². The van der Waals surface area contributed by atoms with Crippen LogP contribution in [0.2, 0.25) is 0 Å². The van der Waals surface area contributed by atoms with E-state index in [1.807, 2.05) is 0 Å². The largest absolute Gasteiger partial charge is 0.480 e. The molecule has 0 heterocycles. The highest BCUT2D eigenvalue weighted by Crippen LogP contribution is 2.00. The van der Waals surface area contributed by atoms with Crippen LogP contribution in [0.15, 0.2) is 0 Å². The number of aliphatic hydroxyl groups is 2. The van der Waals surface area contributed by atoms with E-state index < -0.39 is 24.2 Å². The molecule has 7 N–H and O–H groups in total. The van der Waals surface area contributed by atoms with E-state index in [9.17, 15) is 4.79 Å². The van der Waals surface area contributed by atoms with E-state index in [2.05, 4.69) is 0 Å². The standard InChI is InChI=1S/C6H14N2O4/c7-2-5(10)4(9)1-3(8)6(11)12/h3-5,9-10H,1-2,7-8H2,(H,11,12). The van der Waals surface area contributed by atoms with Gasteiger partial charge in [0, 0.05) is 13.0 Å². The highest BCUT2D eigenvalue weighted by atomic mass is 16.4. The fourth-order valence-corrected chi connectivity index (χ4v) is 0.675. The first kappa shape index (κ1) is 11.3. The van der Waals surface area contributed by atoms with Crippen molar-refractivity contribution in [3.8, 4) is 0 Å². The number of hydrogen-bond donors (Lipinski definition) is 5. The van der Waals surface area contributed by atoms with Crippen molar-refractivity contribution >= 4 is 5.97 Å². The van der Waals surface area contributed by atoms with Gasteiger partial charge in [0.15, 0.2) is 0 Å². The van der Waals surface area contributed by atoms with Crippen LogP contribution in [0.3, 0.4) is 0 Å². The van der Waals surface area contributed by atoms with Crippen molar-refractivity contribution in [3.63, 3.8) is 0 Å². The highest BCUT2D eigenvalue weighted by molar-refractivity contribution is 5.73. The Balaban J connectivity index is 3.83. The van der Waals surface area contributed by atoms with Crippen molar-refractivity contribution in [2.75, 3.05) is 6.54 Å². The van der Waals surface area contributed by atoms with E-state index in [1.165, 1.54) is 0 Å². The number of rotatable bonds is 5. The molecule has 72 valence electrons. The van der Waals surface area contributed by atoms with E-state index in [0.29, 0.717) is 0 Å². The third-order valence-electron chi connectivity index (χ3n) is 1.50. The minimum Gasteiger partial charge on any atom is -0.480 e. The maximum Gasteiger partial charge on any atom is 0.320 e. The number of nitrogens with two attached hydrogens (primary N) is 2. The Morgan fingerprint density at radius 1 is 1.33 bits per heavy atom. The van der Waals surface area contributed by atoms with Crippen LogP contribution in [-0.2, 0) is 4.79 Å². The maximum absolute atomic E-state index is 10.2. The van der Waals surface area contributed by atoms with Crippen LogP contribution in [0.1, 0.15) is 6.42 Å². The number of carboxylic acid groups (broad SMARTS) is 1. The molecule has 0 rings (SSSR count). The fraction of sp³-hybridized carbons (Fsp3) is 0.833. The van der Waals surface area contributed by atoms with Crippen molar-refractivity contribution in [1.29, 1.82) is 0 Å². The molecule has 0 aromatic rings. The molecule has 6 nitrogen and oxygen atoms in total. The summed E-state index contributed by atoms with van der Waals surface area (Å²) in [6.45, 7) is -0.118. The van der Waals surface area contributed by atoms with Gasteiger partial charge in [-0.2, -0.15) is 0 Å². The van der Waals surface area contributed by atoms with Gasteiger partial charge in [-0.1, -0.05) is 0 Å². The Bertz CT molecular complexity index is 152. The van der Waals surface area contributed by atoms with Crippen LogP contribution in [0, 0.1) is 0 Å². The molecule has 0 aliphatic carbocycles. The van der Waals surface area contributed by atoms with Gasteiger partial charge in [0.05, 0.1) is 12.2 Å². The lowest BCUT2D eigenvalue weighted by Crippen LogP contribution is -2.41. The van der Waals surface area contributed by atoms with Gasteiger partial charge in [-0.25, -0.2) is 0 Å². The summed E-state index contributed by atoms with van der Waals surface area (Å²) in [5, 5.41) is 26.3. The molecule has 3 atom stereocenters. The normalized spacial score (nSPS) is 18.3.